The van der Waals surface area contributed by atoms with Gasteiger partial charge in [-0.25, -0.2) is 0 Å². The van der Waals surface area contributed by atoms with Crippen LogP contribution in [0.4, 0.5) is 0 Å². The van der Waals surface area contributed by atoms with E-state index in [1.807, 2.05) is 37.5 Å². The molecule has 0 radical (unpaired) electrons. The van der Waals surface area contributed by atoms with Crippen molar-refractivity contribution in [3.63, 3.8) is 0 Å². The number of aliphatic hydroxyl groups is 1. The Morgan fingerprint density at radius 1 is 1.12 bits per heavy atom. The largest absolute Gasteiger partial charge is 0.504 e. The lowest BCUT2D eigenvalue weighted by Gasteiger charge is -2.22. The molecule has 0 bridgehead atoms. The van der Waals surface area contributed by atoms with Gasteiger partial charge in [-0.2, -0.15) is 0 Å². The number of aryl methyl sites for hydroxylation is 1. The number of aromatic hydroxyl groups is 1. The Labute approximate surface area is 255 Å². The molecule has 0 saturated carbocycles. The molecule has 2 aromatic carbocycles. The number of phenols is 1. The van der Waals surface area contributed by atoms with Crippen molar-refractivity contribution in [2.24, 2.45) is 11.7 Å². The normalized spacial score (nSPS) is 15.5. The third-order valence-electron chi connectivity index (χ3n) is 7.62. The summed E-state index contributed by atoms with van der Waals surface area (Å²) in [7, 11) is 1.95. The molecule has 6 N–H and O–H groups in total. The molecule has 0 saturated heterocycles. The molecule has 232 valence electrons. The number of allylic oxidation sites excluding steroid dienone is 3. The quantitative estimate of drug-likeness (QED) is 0.0673. The van der Waals surface area contributed by atoms with Crippen LogP contribution in [0.15, 0.2) is 72.0 Å². The topological polar surface area (TPSA) is 134 Å². The van der Waals surface area contributed by atoms with E-state index < -0.39 is 6.79 Å². The molecule has 0 spiro atoms. The van der Waals surface area contributed by atoms with E-state index in [1.54, 1.807) is 18.2 Å². The molecule has 0 aromatic heterocycles. The Morgan fingerprint density at radius 2 is 1.91 bits per heavy atom. The number of nitrogens with two attached hydrogens (primary N) is 1. The van der Waals surface area contributed by atoms with E-state index in [1.165, 1.54) is 11.6 Å². The van der Waals surface area contributed by atoms with E-state index >= 15 is 0 Å². The van der Waals surface area contributed by atoms with Gasteiger partial charge in [0.1, 0.15) is 5.78 Å². The van der Waals surface area contributed by atoms with Gasteiger partial charge >= 0.3 is 0 Å². The van der Waals surface area contributed by atoms with Gasteiger partial charge < -0.3 is 31.3 Å². The van der Waals surface area contributed by atoms with E-state index in [9.17, 15) is 19.8 Å². The highest BCUT2D eigenvalue weighted by Crippen LogP contribution is 2.33. The molecule has 1 aliphatic heterocycles. The number of phenolic OH excluding ortho intramolecular Hbond substituents is 1. The summed E-state index contributed by atoms with van der Waals surface area (Å²) in [5.41, 5.74) is 10.9. The fourth-order valence-electron chi connectivity index (χ4n) is 5.29. The Hall–Kier alpha value is -3.72. The Bertz CT molecular complexity index is 1290. The van der Waals surface area contributed by atoms with Gasteiger partial charge in [-0.05, 0) is 104 Å². The summed E-state index contributed by atoms with van der Waals surface area (Å²) in [5, 5.41) is 26.2. The Kier molecular flexibility index (Phi) is 14.2. The summed E-state index contributed by atoms with van der Waals surface area (Å²) >= 11 is 0. The molecule has 0 aliphatic carbocycles. The first-order valence-corrected chi connectivity index (χ1v) is 15.2. The predicted molar refractivity (Wildman–Crippen MR) is 171 cm³/mol. The number of ketones is 2. The van der Waals surface area contributed by atoms with Gasteiger partial charge in [0.2, 0.25) is 0 Å². The zero-order valence-corrected chi connectivity index (χ0v) is 25.5. The van der Waals surface area contributed by atoms with Crippen LogP contribution in [0, 0.1) is 5.92 Å². The Balaban J connectivity index is 1.66. The van der Waals surface area contributed by atoms with Crippen LogP contribution in [0.1, 0.15) is 68.6 Å². The zero-order chi connectivity index (χ0) is 31.0. The second-order valence-corrected chi connectivity index (χ2v) is 11.3. The molecule has 1 unspecified atom stereocenters. The number of ether oxygens (including phenoxy) is 1. The van der Waals surface area contributed by atoms with Crippen molar-refractivity contribution < 1.29 is 24.5 Å². The van der Waals surface area contributed by atoms with Crippen LogP contribution in [0.25, 0.3) is 6.08 Å². The molecular weight excluding hydrogens is 542 g/mol. The van der Waals surface area contributed by atoms with Crippen LogP contribution in [0.3, 0.4) is 0 Å². The van der Waals surface area contributed by atoms with Crippen molar-refractivity contribution in [2.75, 3.05) is 20.4 Å². The van der Waals surface area contributed by atoms with Gasteiger partial charge in [0.05, 0.1) is 12.6 Å². The second-order valence-electron chi connectivity index (χ2n) is 11.3. The third kappa shape index (κ3) is 11.8. The van der Waals surface area contributed by atoms with E-state index in [2.05, 4.69) is 29.7 Å². The second kappa shape index (κ2) is 18.1. The lowest BCUT2D eigenvalue weighted by molar-refractivity contribution is -0.124. The molecule has 1 heterocycles. The molecule has 8 nitrogen and oxygen atoms in total. The number of carbonyl (C=O) groups excluding carboxylic acids is 2. The first-order chi connectivity index (χ1) is 20.8. The van der Waals surface area contributed by atoms with Gasteiger partial charge in [-0.3, -0.25) is 9.59 Å². The van der Waals surface area contributed by atoms with Crippen molar-refractivity contribution in [1.82, 2.24) is 10.6 Å². The summed E-state index contributed by atoms with van der Waals surface area (Å²) in [6, 6.07) is 13.4. The fourth-order valence-corrected chi connectivity index (χ4v) is 5.29. The number of hydrogen-bond acceptors (Lipinski definition) is 8. The van der Waals surface area contributed by atoms with Crippen LogP contribution >= 0.6 is 0 Å². The molecule has 0 fully saturated rings. The maximum Gasteiger partial charge on any atom is 0.186 e. The zero-order valence-electron chi connectivity index (χ0n) is 25.5. The van der Waals surface area contributed by atoms with Crippen LogP contribution in [0.2, 0.25) is 0 Å². The lowest BCUT2D eigenvalue weighted by atomic mass is 9.90. The number of hydrogen-bond donors (Lipinski definition) is 5. The van der Waals surface area contributed by atoms with Gasteiger partial charge in [0, 0.05) is 12.6 Å². The number of Topliss-reactive ketones (excluding diaryl/α,β-unsaturated/α-hetero) is 1. The van der Waals surface area contributed by atoms with Crippen molar-refractivity contribution in [3.05, 3.63) is 88.7 Å². The predicted octanol–water partition coefficient (Wildman–Crippen LogP) is 4.94. The summed E-state index contributed by atoms with van der Waals surface area (Å²) in [6.45, 7) is 2.60. The molecule has 2 aromatic rings. The van der Waals surface area contributed by atoms with Gasteiger partial charge in [0.15, 0.2) is 24.1 Å². The van der Waals surface area contributed by atoms with Crippen LogP contribution in [-0.2, 0) is 22.4 Å². The molecular formula is C35H47N3O5. The van der Waals surface area contributed by atoms with E-state index in [0.717, 1.165) is 61.8 Å². The van der Waals surface area contributed by atoms with Crippen molar-refractivity contribution in [3.8, 4) is 11.5 Å². The lowest BCUT2D eigenvalue weighted by Crippen LogP contribution is -2.35. The minimum absolute atomic E-state index is 0.0591. The van der Waals surface area contributed by atoms with Crippen molar-refractivity contribution in [1.29, 1.82) is 0 Å². The van der Waals surface area contributed by atoms with Crippen molar-refractivity contribution >= 4 is 17.6 Å². The number of benzene rings is 2. The number of aliphatic hydroxyl groups excluding tert-OH is 1. The maximum absolute atomic E-state index is 12.7. The maximum atomic E-state index is 12.7. The first-order valence-electron chi connectivity index (χ1n) is 15.2. The number of nitrogens with one attached hydrogen (secondary N) is 2. The molecule has 8 heteroatoms. The molecule has 43 heavy (non-hydrogen) atoms. The third-order valence-corrected chi connectivity index (χ3v) is 7.62. The van der Waals surface area contributed by atoms with Crippen LogP contribution < -0.4 is 21.1 Å². The minimum atomic E-state index is -0.600. The number of rotatable bonds is 19. The van der Waals surface area contributed by atoms with E-state index in [-0.39, 0.29) is 35.7 Å². The Morgan fingerprint density at radius 3 is 2.65 bits per heavy atom. The molecule has 1 aliphatic rings. The number of dihydropyridines is 1. The molecule has 3 rings (SSSR count). The minimum Gasteiger partial charge on any atom is -0.504 e. The van der Waals surface area contributed by atoms with E-state index in [4.69, 9.17) is 10.5 Å². The summed E-state index contributed by atoms with van der Waals surface area (Å²) in [6.07, 6.45) is 13.0. The van der Waals surface area contributed by atoms with Gasteiger partial charge in [-0.15, -0.1) is 0 Å². The molecule has 2 atom stereocenters. The number of unbranched alkanes of at least 4 members (excludes halogenated alkanes) is 2. The fraction of sp³-hybridized carbons (Fsp3) is 0.429. The first kappa shape index (κ1) is 33.8. The van der Waals surface area contributed by atoms with Gasteiger partial charge in [-0.1, -0.05) is 56.2 Å². The highest BCUT2D eigenvalue weighted by Gasteiger charge is 2.17. The highest BCUT2D eigenvalue weighted by molar-refractivity contribution is 6.06. The summed E-state index contributed by atoms with van der Waals surface area (Å²) in [4.78, 5) is 25.1. The SMILES string of the molecule is CNC[C@H](C)CCCCCC(=O)CC(=O)/C=C/c1cc(OCO)c(O)cc1CC1=CNC(N)C=C1CCc1ccccc1. The van der Waals surface area contributed by atoms with E-state index in [0.29, 0.717) is 24.3 Å². The van der Waals surface area contributed by atoms with Gasteiger partial charge in [0.25, 0.3) is 0 Å². The molecule has 0 amide bonds. The highest BCUT2D eigenvalue weighted by atomic mass is 16.6. The summed E-state index contributed by atoms with van der Waals surface area (Å²) in [5.74, 6) is 0.274. The van der Waals surface area contributed by atoms with Crippen LogP contribution in [-0.4, -0.2) is 48.3 Å². The standard InChI is InChI=1S/C35H47N3O5/c1-25(22-37-2)9-5-3-8-12-31(40)21-32(41)16-15-27-19-34(43-24-39)33(42)18-29(27)17-30-23-38-35(36)20-28(30)14-13-26-10-6-4-7-11-26/h4,6-7,10-11,15-16,18-20,23,25,35,37-39,42H,3,5,8-9,12-14,17,21-22,24,36H2,1-2H3/b16-15+/t25-,35?/m1/s1. The average molecular weight is 590 g/mol. The van der Waals surface area contributed by atoms with Crippen LogP contribution in [0.5, 0.6) is 11.5 Å². The van der Waals surface area contributed by atoms with Crippen molar-refractivity contribution in [2.45, 2.75) is 70.9 Å². The monoisotopic (exact) mass is 589 g/mol. The number of carbonyl (C=O) groups is 2. The smallest absolute Gasteiger partial charge is 0.186 e. The summed E-state index contributed by atoms with van der Waals surface area (Å²) < 4.78 is 5.18. The average Bonchev–Trinajstić information content (AvgIpc) is 2.98.